The Morgan fingerprint density at radius 2 is 1.00 bits per heavy atom. The van der Waals surface area contributed by atoms with Crippen LogP contribution in [0.1, 0.15) is 80.1 Å². The van der Waals surface area contributed by atoms with E-state index >= 15 is 0 Å². The first-order valence-corrected chi connectivity index (χ1v) is 11.1. The molecule has 0 N–H and O–H groups in total. The van der Waals surface area contributed by atoms with E-state index in [9.17, 15) is 0 Å². The van der Waals surface area contributed by atoms with Gasteiger partial charge in [-0.15, -0.1) is 0 Å². The average molecular weight is 433 g/mol. The Bertz CT molecular complexity index is 512. The fourth-order valence-electron chi connectivity index (χ4n) is 3.94. The fourth-order valence-corrected chi connectivity index (χ4v) is 8.86. The second kappa shape index (κ2) is 10.4. The molecular formula is C20H30Cl2Zr. The van der Waals surface area contributed by atoms with Gasteiger partial charge in [0.05, 0.1) is 0 Å². The first-order valence-electron chi connectivity index (χ1n) is 8.66. The van der Waals surface area contributed by atoms with E-state index in [4.69, 9.17) is 0 Å². The van der Waals surface area contributed by atoms with Crippen molar-refractivity contribution in [2.45, 2.75) is 80.1 Å². The van der Waals surface area contributed by atoms with Crippen molar-refractivity contribution in [3.05, 3.63) is 40.0 Å². The van der Waals surface area contributed by atoms with Crippen LogP contribution in [0, 0.1) is 0 Å². The smallest absolute Gasteiger partial charge is 1.00 e. The Morgan fingerprint density at radius 3 is 1.26 bits per heavy atom. The van der Waals surface area contributed by atoms with Gasteiger partial charge in [0.25, 0.3) is 0 Å². The summed E-state index contributed by atoms with van der Waals surface area (Å²) in [5, 5.41) is 0. The van der Waals surface area contributed by atoms with Crippen molar-refractivity contribution in [1.82, 2.24) is 0 Å². The minimum Gasteiger partial charge on any atom is -1.00 e. The predicted molar refractivity (Wildman–Crippen MR) is 89.9 cm³/mol. The maximum absolute atomic E-state index is 2.37. The van der Waals surface area contributed by atoms with Crippen molar-refractivity contribution >= 4 is 0 Å². The molecule has 0 aromatic heterocycles. The van der Waals surface area contributed by atoms with E-state index < -0.39 is 23.2 Å². The van der Waals surface area contributed by atoms with Gasteiger partial charge in [-0.1, -0.05) is 0 Å². The summed E-state index contributed by atoms with van der Waals surface area (Å²) in [7, 11) is 0. The van der Waals surface area contributed by atoms with Crippen molar-refractivity contribution < 1.29 is 48.0 Å². The van der Waals surface area contributed by atoms with Crippen molar-refractivity contribution in [2.24, 2.45) is 0 Å². The molecule has 3 heteroatoms. The van der Waals surface area contributed by atoms with Crippen LogP contribution in [0.4, 0.5) is 0 Å². The summed E-state index contributed by atoms with van der Waals surface area (Å²) in [4.78, 5) is 0. The molecule has 2 aliphatic carbocycles. The average Bonchev–Trinajstić information content (AvgIpc) is 2.95. The van der Waals surface area contributed by atoms with E-state index in [2.05, 4.69) is 41.5 Å². The van der Waals surface area contributed by atoms with Crippen LogP contribution >= 0.6 is 0 Å². The minimum absolute atomic E-state index is 0. The van der Waals surface area contributed by atoms with Crippen molar-refractivity contribution in [3.8, 4) is 0 Å². The predicted octanol–water partition coefficient (Wildman–Crippen LogP) is 0.666. The Kier molecular flexibility index (Phi) is 10.6. The molecule has 0 aromatic rings. The molecule has 23 heavy (non-hydrogen) atoms. The number of allylic oxidation sites excluding steroid dienone is 8. The topological polar surface area (TPSA) is 0 Å². The van der Waals surface area contributed by atoms with E-state index in [-0.39, 0.29) is 24.8 Å². The molecule has 0 saturated heterocycles. The van der Waals surface area contributed by atoms with Gasteiger partial charge in [0.2, 0.25) is 0 Å². The molecule has 0 heterocycles. The summed E-state index contributed by atoms with van der Waals surface area (Å²) >= 11 is -0.548. The number of hydrogen-bond acceptors (Lipinski definition) is 0. The summed E-state index contributed by atoms with van der Waals surface area (Å²) in [6.07, 6.45) is 7.61. The molecule has 0 spiro atoms. The van der Waals surface area contributed by atoms with Crippen LogP contribution in [-0.2, 0) is 23.2 Å². The molecule has 2 aliphatic rings. The zero-order valence-electron chi connectivity index (χ0n) is 15.5. The summed E-state index contributed by atoms with van der Waals surface area (Å²) in [6.45, 7) is 14.1. The van der Waals surface area contributed by atoms with Gasteiger partial charge in [-0.2, -0.15) is 0 Å². The van der Waals surface area contributed by atoms with E-state index in [1.807, 2.05) is 6.56 Å². The fraction of sp³-hybridized carbons (Fsp3) is 0.600. The Morgan fingerprint density at radius 1 is 0.652 bits per heavy atom. The third-order valence-electron chi connectivity index (χ3n) is 5.34. The molecule has 0 unspecified atom stereocenters. The van der Waals surface area contributed by atoms with Crippen LogP contribution in [0.25, 0.3) is 0 Å². The zero-order chi connectivity index (χ0) is 15.6. The van der Waals surface area contributed by atoms with Gasteiger partial charge in [0.15, 0.2) is 0 Å². The Hall–Kier alpha value is 0.423. The quantitative estimate of drug-likeness (QED) is 0.579. The first-order chi connectivity index (χ1) is 10.1. The van der Waals surface area contributed by atoms with Crippen molar-refractivity contribution in [2.75, 3.05) is 0 Å². The van der Waals surface area contributed by atoms with Gasteiger partial charge < -0.3 is 24.8 Å². The van der Waals surface area contributed by atoms with Crippen LogP contribution in [0.3, 0.4) is 0 Å². The van der Waals surface area contributed by atoms with Crippen LogP contribution in [0.5, 0.6) is 0 Å². The van der Waals surface area contributed by atoms with E-state index in [0.717, 1.165) is 0 Å². The largest absolute Gasteiger partial charge is 1.00 e. The van der Waals surface area contributed by atoms with Gasteiger partial charge in [0, 0.05) is 0 Å². The summed E-state index contributed by atoms with van der Waals surface area (Å²) < 4.78 is 3.78. The summed E-state index contributed by atoms with van der Waals surface area (Å²) in [5.41, 5.74) is 10.2. The van der Waals surface area contributed by atoms with Crippen LogP contribution in [0.2, 0.25) is 0 Å². The van der Waals surface area contributed by atoms with Crippen LogP contribution < -0.4 is 24.8 Å². The maximum Gasteiger partial charge on any atom is -1.00 e. The van der Waals surface area contributed by atoms with Gasteiger partial charge in [-0.05, 0) is 0 Å². The molecule has 2 rings (SSSR count). The van der Waals surface area contributed by atoms with Crippen molar-refractivity contribution in [1.29, 1.82) is 0 Å². The van der Waals surface area contributed by atoms with Crippen LogP contribution in [0.15, 0.2) is 40.0 Å². The Labute approximate surface area is 167 Å². The molecule has 0 bridgehead atoms. The van der Waals surface area contributed by atoms with Gasteiger partial charge in [-0.3, -0.25) is 0 Å². The van der Waals surface area contributed by atoms with Gasteiger partial charge in [0.1, 0.15) is 0 Å². The van der Waals surface area contributed by atoms with Crippen molar-refractivity contribution in [3.63, 3.8) is 0 Å². The molecule has 0 amide bonds. The molecule has 0 nitrogen and oxygen atoms in total. The SMILES string of the molecule is CCC1=C(C)C(CC)=[C]([Zr+2][C]2=C(CC)C(C)=C(CC)C2)C1.[Cl-].[Cl-]. The number of hydrogen-bond donors (Lipinski definition) is 0. The monoisotopic (exact) mass is 430 g/mol. The van der Waals surface area contributed by atoms with Gasteiger partial charge >= 0.3 is 143 Å². The van der Waals surface area contributed by atoms with Gasteiger partial charge in [-0.25, -0.2) is 0 Å². The third-order valence-corrected chi connectivity index (χ3v) is 9.17. The number of halogens is 2. The first kappa shape index (κ1) is 23.4. The second-order valence-electron chi connectivity index (χ2n) is 6.26. The summed E-state index contributed by atoms with van der Waals surface area (Å²) in [6, 6.07) is 0. The number of rotatable bonds is 6. The molecule has 0 aliphatic heterocycles. The van der Waals surface area contributed by atoms with E-state index in [1.54, 1.807) is 33.4 Å². The molecule has 0 atom stereocenters. The molecule has 128 valence electrons. The van der Waals surface area contributed by atoms with E-state index in [1.165, 1.54) is 38.5 Å². The molecule has 0 saturated carbocycles. The maximum atomic E-state index is 2.37. The molecule has 0 aromatic carbocycles. The van der Waals surface area contributed by atoms with Crippen LogP contribution in [-0.4, -0.2) is 0 Å². The molecule has 0 fully saturated rings. The second-order valence-corrected chi connectivity index (χ2v) is 9.85. The normalized spacial score (nSPS) is 17.7. The molecule has 0 radical (unpaired) electrons. The Balaban J connectivity index is 0.00000242. The standard InChI is InChI=1S/2C10H15.2ClH.Zr/c2*1-4-9-6-7-10(5-2)8(9)3;;;/h2*4-6H2,1-3H3;2*1H;/q;;;;+2/p-2. The summed E-state index contributed by atoms with van der Waals surface area (Å²) in [5.74, 6) is 0. The van der Waals surface area contributed by atoms with E-state index in [0.29, 0.717) is 0 Å². The zero-order valence-corrected chi connectivity index (χ0v) is 19.5. The third kappa shape index (κ3) is 4.74. The minimum atomic E-state index is -0.548. The molecular weight excluding hydrogens is 402 g/mol.